The van der Waals surface area contributed by atoms with Crippen molar-refractivity contribution in [2.75, 3.05) is 39.6 Å². The monoisotopic (exact) mass is 1420 g/mol. The lowest BCUT2D eigenvalue weighted by molar-refractivity contribution is -0.161. The number of aliphatic hydroxyl groups excluding tert-OH is 1. The molecule has 0 saturated heterocycles. The van der Waals surface area contributed by atoms with Crippen LogP contribution in [0.3, 0.4) is 0 Å². The number of unbranched alkanes of at least 4 members (excludes halogenated alkanes) is 49. The van der Waals surface area contributed by atoms with Gasteiger partial charge < -0.3 is 33.8 Å². The van der Waals surface area contributed by atoms with Crippen LogP contribution in [0.5, 0.6) is 0 Å². The van der Waals surface area contributed by atoms with Gasteiger partial charge in [0, 0.05) is 25.7 Å². The number of ether oxygens (including phenoxy) is 4. The molecule has 0 bridgehead atoms. The summed E-state index contributed by atoms with van der Waals surface area (Å²) in [5.41, 5.74) is 0. The Morgan fingerprint density at radius 1 is 0.289 bits per heavy atom. The van der Waals surface area contributed by atoms with Crippen molar-refractivity contribution in [2.24, 2.45) is 5.92 Å². The van der Waals surface area contributed by atoms with Crippen molar-refractivity contribution >= 4 is 39.5 Å². The molecule has 576 valence electrons. The van der Waals surface area contributed by atoms with Crippen molar-refractivity contribution in [3.8, 4) is 0 Å². The minimum Gasteiger partial charge on any atom is -0.462 e. The third-order valence-electron chi connectivity index (χ3n) is 18.6. The Kier molecular flexibility index (Phi) is 69.6. The Morgan fingerprint density at radius 3 is 0.732 bits per heavy atom. The molecule has 3 N–H and O–H groups in total. The van der Waals surface area contributed by atoms with Gasteiger partial charge in [-0.05, 0) is 31.6 Å². The summed E-state index contributed by atoms with van der Waals surface area (Å²) in [6.07, 6.45) is 61.2. The third kappa shape index (κ3) is 70.9. The van der Waals surface area contributed by atoms with E-state index >= 15 is 0 Å². The van der Waals surface area contributed by atoms with Gasteiger partial charge in [0.15, 0.2) is 12.2 Å². The Labute approximate surface area is 594 Å². The second-order valence-corrected chi connectivity index (χ2v) is 31.3. The van der Waals surface area contributed by atoms with Gasteiger partial charge in [0.2, 0.25) is 0 Å². The quantitative estimate of drug-likeness (QED) is 0.0222. The van der Waals surface area contributed by atoms with E-state index < -0.39 is 97.5 Å². The average Bonchev–Trinajstić information content (AvgIpc) is 1.64. The molecule has 0 spiro atoms. The molecule has 0 aromatic carbocycles. The lowest BCUT2D eigenvalue weighted by atomic mass is 9.99. The van der Waals surface area contributed by atoms with E-state index in [0.29, 0.717) is 25.7 Å². The predicted molar refractivity (Wildman–Crippen MR) is 395 cm³/mol. The first-order valence-corrected chi connectivity index (χ1v) is 43.7. The van der Waals surface area contributed by atoms with Gasteiger partial charge in [-0.15, -0.1) is 0 Å². The van der Waals surface area contributed by atoms with Crippen molar-refractivity contribution in [1.82, 2.24) is 0 Å². The fraction of sp³-hybridized carbons (Fsp3) is 0.949. The van der Waals surface area contributed by atoms with Crippen LogP contribution in [0.15, 0.2) is 0 Å². The fourth-order valence-corrected chi connectivity index (χ4v) is 13.6. The van der Waals surface area contributed by atoms with Crippen LogP contribution in [0.2, 0.25) is 0 Å². The third-order valence-corrected chi connectivity index (χ3v) is 20.5. The molecule has 0 aliphatic rings. The van der Waals surface area contributed by atoms with Crippen LogP contribution in [0.25, 0.3) is 0 Å². The first-order valence-electron chi connectivity index (χ1n) is 40.7. The van der Waals surface area contributed by atoms with E-state index in [2.05, 4.69) is 34.6 Å². The van der Waals surface area contributed by atoms with Crippen molar-refractivity contribution in [1.29, 1.82) is 0 Å². The molecule has 0 radical (unpaired) electrons. The molecule has 97 heavy (non-hydrogen) atoms. The SMILES string of the molecule is CCCCCCCCCCCCCCCCCCCCCCCC(=O)O[C@H](COC(=O)CCCCCCCCCCCCCCCCC)COP(=O)(O)OC[C@@H](O)COP(=O)(O)OC[C@@H](COC(=O)CCCCCCCCC)OC(=O)CCCCCCCCCCCCC(C)CC. The molecule has 0 aliphatic heterocycles. The average molecular weight is 1420 g/mol. The van der Waals surface area contributed by atoms with Gasteiger partial charge in [-0.1, -0.05) is 362 Å². The molecule has 0 heterocycles. The standard InChI is InChI=1S/C78H152O17P2/c1-6-10-13-16-19-21-23-25-27-28-29-30-31-32-34-36-38-43-48-53-58-63-77(82)95-74(68-89-76(81)62-57-52-47-42-37-35-33-26-24-22-20-17-14-11-7-2)70-93-97(86,87)91-66-72(79)65-90-96(84,85)92-69-73(67-88-75(80)61-56-51-45-18-15-12-8-3)94-78(83)64-59-54-49-44-40-39-41-46-50-55-60-71(5)9-4/h71-74,79H,6-70H2,1-5H3,(H,84,85)(H,86,87)/t71?,72-,73+,74+/m0/s1. The Balaban J connectivity index is 5.17. The molecule has 0 fully saturated rings. The number of phosphoric ester groups is 2. The van der Waals surface area contributed by atoms with Gasteiger partial charge >= 0.3 is 39.5 Å². The smallest absolute Gasteiger partial charge is 0.462 e. The van der Waals surface area contributed by atoms with Gasteiger partial charge in [0.25, 0.3) is 0 Å². The van der Waals surface area contributed by atoms with E-state index in [-0.39, 0.29) is 25.7 Å². The zero-order chi connectivity index (χ0) is 71.2. The summed E-state index contributed by atoms with van der Waals surface area (Å²) in [6.45, 7) is 7.29. The number of phosphoric acid groups is 2. The van der Waals surface area contributed by atoms with Crippen LogP contribution < -0.4 is 0 Å². The Hall–Kier alpha value is -1.94. The number of rotatable bonds is 78. The van der Waals surface area contributed by atoms with Crippen LogP contribution in [-0.4, -0.2) is 96.7 Å². The highest BCUT2D eigenvalue weighted by molar-refractivity contribution is 7.47. The lowest BCUT2D eigenvalue weighted by Gasteiger charge is -2.21. The number of hydrogen-bond donors (Lipinski definition) is 3. The maximum absolute atomic E-state index is 13.1. The van der Waals surface area contributed by atoms with Crippen LogP contribution in [-0.2, 0) is 65.4 Å². The molecular formula is C78H152O17P2. The molecule has 17 nitrogen and oxygen atoms in total. The summed E-state index contributed by atoms with van der Waals surface area (Å²) in [4.78, 5) is 72.7. The van der Waals surface area contributed by atoms with Crippen molar-refractivity contribution in [2.45, 2.75) is 432 Å². The zero-order valence-electron chi connectivity index (χ0n) is 63.2. The molecule has 0 aliphatic carbocycles. The van der Waals surface area contributed by atoms with E-state index in [1.807, 2.05) is 0 Å². The van der Waals surface area contributed by atoms with Crippen LogP contribution >= 0.6 is 15.6 Å². The van der Waals surface area contributed by atoms with Crippen molar-refractivity contribution in [3.63, 3.8) is 0 Å². The van der Waals surface area contributed by atoms with E-state index in [4.69, 9.17) is 37.0 Å². The number of aliphatic hydroxyl groups is 1. The van der Waals surface area contributed by atoms with Gasteiger partial charge in [-0.3, -0.25) is 37.3 Å². The van der Waals surface area contributed by atoms with Gasteiger partial charge in [-0.25, -0.2) is 9.13 Å². The summed E-state index contributed by atoms with van der Waals surface area (Å²) in [6, 6.07) is 0. The number of hydrogen-bond acceptors (Lipinski definition) is 15. The van der Waals surface area contributed by atoms with Gasteiger partial charge in [0.05, 0.1) is 26.4 Å². The van der Waals surface area contributed by atoms with E-state index in [0.717, 1.165) is 109 Å². The molecule has 0 saturated carbocycles. The van der Waals surface area contributed by atoms with E-state index in [9.17, 15) is 43.2 Å². The van der Waals surface area contributed by atoms with Crippen molar-refractivity contribution in [3.05, 3.63) is 0 Å². The van der Waals surface area contributed by atoms with Crippen LogP contribution in [0.4, 0.5) is 0 Å². The molecule has 0 aromatic heterocycles. The summed E-state index contributed by atoms with van der Waals surface area (Å²) in [7, 11) is -9.91. The highest BCUT2D eigenvalue weighted by Crippen LogP contribution is 2.45. The molecule has 0 amide bonds. The largest absolute Gasteiger partial charge is 0.472 e. The normalized spacial score (nSPS) is 14.2. The van der Waals surface area contributed by atoms with Crippen LogP contribution in [0.1, 0.15) is 413 Å². The van der Waals surface area contributed by atoms with Crippen LogP contribution in [0, 0.1) is 5.92 Å². The minimum absolute atomic E-state index is 0.106. The topological polar surface area (TPSA) is 237 Å². The minimum atomic E-state index is -4.96. The molecule has 6 atom stereocenters. The van der Waals surface area contributed by atoms with Gasteiger partial charge in [0.1, 0.15) is 19.3 Å². The lowest BCUT2D eigenvalue weighted by Crippen LogP contribution is -2.30. The Bertz CT molecular complexity index is 1860. The molecule has 19 heteroatoms. The summed E-state index contributed by atoms with van der Waals surface area (Å²) < 4.78 is 68.5. The highest BCUT2D eigenvalue weighted by Gasteiger charge is 2.30. The fourth-order valence-electron chi connectivity index (χ4n) is 12.0. The second kappa shape index (κ2) is 71.1. The molecule has 3 unspecified atom stereocenters. The Morgan fingerprint density at radius 2 is 0.495 bits per heavy atom. The number of carbonyl (C=O) groups is 4. The summed E-state index contributed by atoms with van der Waals surface area (Å²) >= 11 is 0. The summed E-state index contributed by atoms with van der Waals surface area (Å²) in [5.74, 6) is -1.31. The first kappa shape index (κ1) is 95.1. The number of carbonyl (C=O) groups excluding carboxylic acids is 4. The molecule has 0 rings (SSSR count). The van der Waals surface area contributed by atoms with Gasteiger partial charge in [-0.2, -0.15) is 0 Å². The molecule has 0 aromatic rings. The second-order valence-electron chi connectivity index (χ2n) is 28.3. The summed E-state index contributed by atoms with van der Waals surface area (Å²) in [5, 5.41) is 10.6. The highest BCUT2D eigenvalue weighted by atomic mass is 31.2. The first-order chi connectivity index (χ1) is 47.1. The molecular weight excluding hydrogens is 1270 g/mol. The predicted octanol–water partition coefficient (Wildman–Crippen LogP) is 23.3. The van der Waals surface area contributed by atoms with Crippen molar-refractivity contribution < 1.29 is 80.2 Å². The zero-order valence-corrected chi connectivity index (χ0v) is 65.0. The van der Waals surface area contributed by atoms with E-state index in [1.54, 1.807) is 0 Å². The number of esters is 4. The maximum Gasteiger partial charge on any atom is 0.472 e. The maximum atomic E-state index is 13.1. The van der Waals surface area contributed by atoms with E-state index in [1.165, 1.54) is 225 Å².